The smallest absolute Gasteiger partial charge is 0.268 e. The molecule has 0 aliphatic heterocycles. The zero-order valence-electron chi connectivity index (χ0n) is 10.7. The van der Waals surface area contributed by atoms with Crippen molar-refractivity contribution in [3.63, 3.8) is 0 Å². The van der Waals surface area contributed by atoms with Gasteiger partial charge in [0.1, 0.15) is 11.3 Å². The van der Waals surface area contributed by atoms with E-state index in [4.69, 9.17) is 0 Å². The highest BCUT2D eigenvalue weighted by Crippen LogP contribution is 2.24. The van der Waals surface area contributed by atoms with Crippen molar-refractivity contribution in [1.29, 1.82) is 0 Å². The van der Waals surface area contributed by atoms with Crippen LogP contribution < -0.4 is 5.32 Å². The Hall–Kier alpha value is -1.11. The Morgan fingerprint density at radius 3 is 2.89 bits per heavy atom. The van der Waals surface area contributed by atoms with Gasteiger partial charge in [-0.15, -0.1) is 11.3 Å². The van der Waals surface area contributed by atoms with Crippen molar-refractivity contribution >= 4 is 33.2 Å². The molecule has 2 rings (SSSR count). The summed E-state index contributed by atoms with van der Waals surface area (Å²) in [5, 5.41) is 15.0. The van der Waals surface area contributed by atoms with E-state index in [1.807, 2.05) is 23.7 Å². The Balaban J connectivity index is 2.03. The van der Waals surface area contributed by atoms with Gasteiger partial charge in [-0.3, -0.25) is 4.79 Å². The van der Waals surface area contributed by atoms with Crippen LogP contribution in [0.5, 0.6) is 0 Å². The van der Waals surface area contributed by atoms with Crippen LogP contribution in [0, 0.1) is 0 Å². The van der Waals surface area contributed by atoms with Crippen molar-refractivity contribution in [3.8, 4) is 0 Å². The molecular weight excluding hydrogens is 328 g/mol. The van der Waals surface area contributed by atoms with E-state index in [0.717, 1.165) is 9.35 Å². The Bertz CT molecular complexity index is 575. The SMILES string of the molecule is Cn1cc(Br)cc1C(=O)NC[C@](C)(O)c1cccs1. The number of amides is 1. The molecule has 0 unspecified atom stereocenters. The van der Waals surface area contributed by atoms with E-state index in [1.54, 1.807) is 24.6 Å². The summed E-state index contributed by atoms with van der Waals surface area (Å²) < 4.78 is 2.59. The molecule has 4 nitrogen and oxygen atoms in total. The van der Waals surface area contributed by atoms with Crippen LogP contribution in [0.3, 0.4) is 0 Å². The molecule has 19 heavy (non-hydrogen) atoms. The molecule has 0 bridgehead atoms. The first-order valence-electron chi connectivity index (χ1n) is 5.76. The van der Waals surface area contributed by atoms with Crippen LogP contribution in [0.25, 0.3) is 0 Å². The predicted molar refractivity (Wildman–Crippen MR) is 79.3 cm³/mol. The second-order valence-corrected chi connectivity index (χ2v) is 6.45. The monoisotopic (exact) mass is 342 g/mol. The molecule has 2 aromatic heterocycles. The molecule has 2 aromatic rings. The molecule has 1 atom stereocenters. The number of halogens is 1. The Kier molecular flexibility index (Phi) is 4.13. The molecule has 0 saturated heterocycles. The summed E-state index contributed by atoms with van der Waals surface area (Å²) in [4.78, 5) is 12.9. The summed E-state index contributed by atoms with van der Waals surface area (Å²) in [6.45, 7) is 1.87. The molecule has 1 amide bonds. The number of aliphatic hydroxyl groups is 1. The fourth-order valence-electron chi connectivity index (χ4n) is 1.77. The third-order valence-corrected chi connectivity index (χ3v) is 4.41. The van der Waals surface area contributed by atoms with Crippen LogP contribution >= 0.6 is 27.3 Å². The number of hydrogen-bond acceptors (Lipinski definition) is 3. The van der Waals surface area contributed by atoms with Gasteiger partial charge in [-0.05, 0) is 40.4 Å². The Morgan fingerprint density at radius 1 is 1.63 bits per heavy atom. The van der Waals surface area contributed by atoms with Crippen molar-refractivity contribution in [3.05, 3.63) is 44.8 Å². The van der Waals surface area contributed by atoms with E-state index in [-0.39, 0.29) is 12.5 Å². The van der Waals surface area contributed by atoms with E-state index in [2.05, 4.69) is 21.2 Å². The van der Waals surface area contributed by atoms with Gasteiger partial charge >= 0.3 is 0 Å². The molecule has 0 spiro atoms. The van der Waals surface area contributed by atoms with Gasteiger partial charge in [0.15, 0.2) is 0 Å². The molecule has 0 fully saturated rings. The topological polar surface area (TPSA) is 54.3 Å². The molecule has 2 N–H and O–H groups in total. The molecule has 0 aliphatic carbocycles. The highest BCUT2D eigenvalue weighted by atomic mass is 79.9. The maximum atomic E-state index is 12.0. The summed E-state index contributed by atoms with van der Waals surface area (Å²) in [6.07, 6.45) is 1.81. The molecule has 6 heteroatoms. The lowest BCUT2D eigenvalue weighted by molar-refractivity contribution is 0.0554. The number of nitrogens with zero attached hydrogens (tertiary/aromatic N) is 1. The number of hydrogen-bond donors (Lipinski definition) is 2. The van der Waals surface area contributed by atoms with E-state index in [1.165, 1.54) is 11.3 Å². The van der Waals surface area contributed by atoms with Gasteiger partial charge in [0.25, 0.3) is 5.91 Å². The van der Waals surface area contributed by atoms with Gasteiger partial charge in [0.2, 0.25) is 0 Å². The zero-order valence-corrected chi connectivity index (χ0v) is 13.1. The third-order valence-electron chi connectivity index (χ3n) is 2.85. The molecule has 2 heterocycles. The normalized spacial score (nSPS) is 14.1. The average Bonchev–Trinajstić information content (AvgIpc) is 2.96. The van der Waals surface area contributed by atoms with Crippen molar-refractivity contribution in [2.75, 3.05) is 6.54 Å². The lowest BCUT2D eigenvalue weighted by atomic mass is 10.1. The van der Waals surface area contributed by atoms with E-state index in [9.17, 15) is 9.90 Å². The molecule has 0 saturated carbocycles. The van der Waals surface area contributed by atoms with Crippen LogP contribution in [0.4, 0.5) is 0 Å². The fraction of sp³-hybridized carbons (Fsp3) is 0.308. The van der Waals surface area contributed by atoms with E-state index < -0.39 is 5.60 Å². The first kappa shape index (κ1) is 14.3. The van der Waals surface area contributed by atoms with Gasteiger partial charge in [-0.1, -0.05) is 6.07 Å². The first-order chi connectivity index (χ1) is 8.90. The Labute approximate surface area is 124 Å². The minimum atomic E-state index is -1.05. The molecule has 0 aliphatic rings. The van der Waals surface area contributed by atoms with Crippen LogP contribution in [0.2, 0.25) is 0 Å². The van der Waals surface area contributed by atoms with Gasteiger partial charge in [0, 0.05) is 22.6 Å². The molecule has 102 valence electrons. The summed E-state index contributed by atoms with van der Waals surface area (Å²) >= 11 is 4.80. The van der Waals surface area contributed by atoms with E-state index >= 15 is 0 Å². The lowest BCUT2D eigenvalue weighted by Gasteiger charge is -2.22. The van der Waals surface area contributed by atoms with E-state index in [0.29, 0.717) is 5.69 Å². The zero-order chi connectivity index (χ0) is 14.0. The summed E-state index contributed by atoms with van der Waals surface area (Å²) in [7, 11) is 1.80. The van der Waals surface area contributed by atoms with Gasteiger partial charge in [0.05, 0.1) is 6.54 Å². The third kappa shape index (κ3) is 3.26. The van der Waals surface area contributed by atoms with Crippen LogP contribution in [0.15, 0.2) is 34.2 Å². The summed E-state index contributed by atoms with van der Waals surface area (Å²) in [5.74, 6) is -0.204. The van der Waals surface area contributed by atoms with Gasteiger partial charge in [-0.25, -0.2) is 0 Å². The number of aromatic nitrogens is 1. The largest absolute Gasteiger partial charge is 0.383 e. The average molecular weight is 343 g/mol. The highest BCUT2D eigenvalue weighted by Gasteiger charge is 2.25. The van der Waals surface area contributed by atoms with Crippen molar-refractivity contribution in [2.45, 2.75) is 12.5 Å². The predicted octanol–water partition coefficient (Wildman–Crippen LogP) is 2.49. The number of nitrogens with one attached hydrogen (secondary N) is 1. The first-order valence-corrected chi connectivity index (χ1v) is 7.44. The number of rotatable bonds is 4. The van der Waals surface area contributed by atoms with Crippen molar-refractivity contribution in [1.82, 2.24) is 9.88 Å². The van der Waals surface area contributed by atoms with Crippen LogP contribution in [-0.4, -0.2) is 22.1 Å². The maximum absolute atomic E-state index is 12.0. The quantitative estimate of drug-likeness (QED) is 0.896. The fourth-order valence-corrected chi connectivity index (χ4v) is 3.08. The van der Waals surface area contributed by atoms with Gasteiger partial charge in [-0.2, -0.15) is 0 Å². The number of aryl methyl sites for hydroxylation is 1. The summed E-state index contributed by atoms with van der Waals surface area (Å²) in [5.41, 5.74) is -0.500. The number of carbonyl (C=O) groups excluding carboxylic acids is 1. The number of thiophene rings is 1. The highest BCUT2D eigenvalue weighted by molar-refractivity contribution is 9.10. The molecule has 0 aromatic carbocycles. The molecule has 0 radical (unpaired) electrons. The minimum Gasteiger partial charge on any atom is -0.383 e. The standard InChI is InChI=1S/C13H15BrN2O2S/c1-13(18,11-4-3-5-19-11)8-15-12(17)10-6-9(14)7-16(10)2/h3-7,18H,8H2,1-2H3,(H,15,17)/t13-/m0/s1. The van der Waals surface area contributed by atoms with Crippen molar-refractivity contribution < 1.29 is 9.90 Å². The Morgan fingerprint density at radius 2 is 2.37 bits per heavy atom. The lowest BCUT2D eigenvalue weighted by Crippen LogP contribution is -2.38. The summed E-state index contributed by atoms with van der Waals surface area (Å²) in [6, 6.07) is 5.48. The second kappa shape index (κ2) is 5.48. The second-order valence-electron chi connectivity index (χ2n) is 4.59. The van der Waals surface area contributed by atoms with Crippen LogP contribution in [0.1, 0.15) is 22.3 Å². The maximum Gasteiger partial charge on any atom is 0.268 e. The van der Waals surface area contributed by atoms with Crippen LogP contribution in [-0.2, 0) is 12.6 Å². The van der Waals surface area contributed by atoms with Gasteiger partial charge < -0.3 is 15.0 Å². The molecular formula is C13H15BrN2O2S. The minimum absolute atomic E-state index is 0.176. The number of carbonyl (C=O) groups is 1. The van der Waals surface area contributed by atoms with Crippen molar-refractivity contribution in [2.24, 2.45) is 7.05 Å².